The van der Waals surface area contributed by atoms with Gasteiger partial charge in [-0.05, 0) is 67.3 Å². The molecular formula is C21H30ClNO2S. The Morgan fingerprint density at radius 2 is 1.96 bits per heavy atom. The van der Waals surface area contributed by atoms with E-state index in [1.165, 1.54) is 41.7 Å². The van der Waals surface area contributed by atoms with Gasteiger partial charge >= 0.3 is 0 Å². The Morgan fingerprint density at radius 1 is 1.19 bits per heavy atom. The van der Waals surface area contributed by atoms with E-state index in [0.717, 1.165) is 5.75 Å². The Bertz CT molecular complexity index is 656. The lowest BCUT2D eigenvalue weighted by Crippen LogP contribution is -2.36. The van der Waals surface area contributed by atoms with Gasteiger partial charge in [0.2, 0.25) is 0 Å². The van der Waals surface area contributed by atoms with E-state index in [1.807, 2.05) is 23.5 Å². The van der Waals surface area contributed by atoms with Gasteiger partial charge in [0.1, 0.15) is 18.5 Å². The third-order valence-corrected chi connectivity index (χ3v) is 6.17. The molecule has 3 nitrogen and oxygen atoms in total. The molecule has 0 saturated heterocycles. The first-order valence-corrected chi connectivity index (χ1v) is 10.2. The number of nitrogens with one attached hydrogen (secondary N) is 1. The minimum Gasteiger partial charge on any atom is -0.491 e. The Kier molecular flexibility index (Phi) is 8.42. The van der Waals surface area contributed by atoms with E-state index in [4.69, 9.17) is 4.74 Å². The number of ether oxygens (including phenoxy) is 1. The summed E-state index contributed by atoms with van der Waals surface area (Å²) in [6.45, 7) is 5.04. The number of benzene rings is 1. The molecule has 0 amide bonds. The topological polar surface area (TPSA) is 41.5 Å². The first-order chi connectivity index (χ1) is 12.1. The average molecular weight is 396 g/mol. The van der Waals surface area contributed by atoms with Crippen molar-refractivity contribution in [2.45, 2.75) is 51.7 Å². The molecule has 1 aromatic heterocycles. The fraction of sp³-hybridized carbons (Fsp3) is 0.524. The van der Waals surface area contributed by atoms with Crippen LogP contribution in [0.3, 0.4) is 0 Å². The second kappa shape index (κ2) is 10.3. The molecule has 2 N–H and O–H groups in total. The number of aliphatic hydroxyl groups is 1. The smallest absolute Gasteiger partial charge is 0.119 e. The second-order valence-electron chi connectivity index (χ2n) is 7.16. The predicted molar refractivity (Wildman–Crippen MR) is 112 cm³/mol. The van der Waals surface area contributed by atoms with E-state index < -0.39 is 6.10 Å². The fourth-order valence-corrected chi connectivity index (χ4v) is 4.47. The maximum absolute atomic E-state index is 10.3. The van der Waals surface area contributed by atoms with Crippen LogP contribution in [-0.4, -0.2) is 24.4 Å². The van der Waals surface area contributed by atoms with Gasteiger partial charge in [-0.3, -0.25) is 0 Å². The van der Waals surface area contributed by atoms with E-state index >= 15 is 0 Å². The first kappa shape index (κ1) is 21.2. The van der Waals surface area contributed by atoms with Crippen LogP contribution in [0.4, 0.5) is 0 Å². The van der Waals surface area contributed by atoms with Crippen molar-refractivity contribution in [3.63, 3.8) is 0 Å². The third-order valence-electron chi connectivity index (χ3n) is 5.22. The van der Waals surface area contributed by atoms with Gasteiger partial charge in [-0.25, -0.2) is 0 Å². The van der Waals surface area contributed by atoms with Gasteiger partial charge in [-0.1, -0.05) is 25.0 Å². The molecular weight excluding hydrogens is 366 g/mol. The molecule has 144 valence electrons. The summed E-state index contributed by atoms with van der Waals surface area (Å²) in [5, 5.41) is 16.1. The van der Waals surface area contributed by atoms with Crippen LogP contribution < -0.4 is 10.1 Å². The zero-order valence-corrected chi connectivity index (χ0v) is 17.2. The van der Waals surface area contributed by atoms with Crippen molar-refractivity contribution in [1.82, 2.24) is 5.32 Å². The predicted octanol–water partition coefficient (Wildman–Crippen LogP) is 5.05. The van der Waals surface area contributed by atoms with Crippen LogP contribution in [0.2, 0.25) is 0 Å². The highest BCUT2D eigenvalue weighted by Crippen LogP contribution is 2.37. The third kappa shape index (κ3) is 5.71. The number of aliphatic hydroxyl groups excluding tert-OH is 1. The van der Waals surface area contributed by atoms with E-state index in [2.05, 4.69) is 42.7 Å². The molecule has 1 fully saturated rings. The molecule has 2 atom stereocenters. The minimum atomic E-state index is -0.509. The molecule has 5 heteroatoms. The molecule has 1 aromatic carbocycles. The van der Waals surface area contributed by atoms with Crippen molar-refractivity contribution < 1.29 is 9.84 Å². The maximum atomic E-state index is 10.3. The van der Waals surface area contributed by atoms with Gasteiger partial charge in [-0.2, -0.15) is 0 Å². The van der Waals surface area contributed by atoms with Crippen LogP contribution in [0.5, 0.6) is 5.75 Å². The lowest BCUT2D eigenvalue weighted by molar-refractivity contribution is 0.101. The van der Waals surface area contributed by atoms with Crippen LogP contribution in [0.15, 0.2) is 35.7 Å². The van der Waals surface area contributed by atoms with Crippen molar-refractivity contribution in [3.05, 3.63) is 51.7 Å². The van der Waals surface area contributed by atoms with E-state index in [9.17, 15) is 5.11 Å². The summed E-state index contributed by atoms with van der Waals surface area (Å²) in [6.07, 6.45) is 4.71. The average Bonchev–Trinajstić information content (AvgIpc) is 3.30. The van der Waals surface area contributed by atoms with Gasteiger partial charge in [0, 0.05) is 17.5 Å². The molecule has 26 heavy (non-hydrogen) atoms. The highest BCUT2D eigenvalue weighted by molar-refractivity contribution is 7.10. The summed E-state index contributed by atoms with van der Waals surface area (Å²) >= 11 is 1.81. The van der Waals surface area contributed by atoms with Gasteiger partial charge in [-0.15, -0.1) is 23.7 Å². The van der Waals surface area contributed by atoms with Crippen molar-refractivity contribution in [3.8, 4) is 5.75 Å². The summed E-state index contributed by atoms with van der Waals surface area (Å²) in [7, 11) is 0. The van der Waals surface area contributed by atoms with E-state index in [0.29, 0.717) is 25.1 Å². The molecule has 2 unspecified atom stereocenters. The van der Waals surface area contributed by atoms with Gasteiger partial charge < -0.3 is 15.2 Å². The molecule has 1 aliphatic rings. The molecule has 0 aliphatic heterocycles. The summed E-state index contributed by atoms with van der Waals surface area (Å²) in [5.41, 5.74) is 2.47. The highest BCUT2D eigenvalue weighted by atomic mass is 35.5. The second-order valence-corrected chi connectivity index (χ2v) is 8.14. The lowest BCUT2D eigenvalue weighted by Gasteiger charge is -2.25. The van der Waals surface area contributed by atoms with Crippen LogP contribution in [0, 0.1) is 19.8 Å². The monoisotopic (exact) mass is 395 g/mol. The molecule has 1 saturated carbocycles. The fourth-order valence-electron chi connectivity index (χ4n) is 3.58. The van der Waals surface area contributed by atoms with Crippen LogP contribution in [0.1, 0.15) is 47.7 Å². The number of rotatable bonds is 8. The van der Waals surface area contributed by atoms with Crippen molar-refractivity contribution >= 4 is 23.7 Å². The molecule has 0 radical (unpaired) electrons. The maximum Gasteiger partial charge on any atom is 0.119 e. The largest absolute Gasteiger partial charge is 0.491 e. The van der Waals surface area contributed by atoms with Crippen molar-refractivity contribution in [2.75, 3.05) is 13.2 Å². The van der Waals surface area contributed by atoms with Gasteiger partial charge in [0.05, 0.1) is 0 Å². The van der Waals surface area contributed by atoms with Crippen molar-refractivity contribution in [2.24, 2.45) is 5.92 Å². The minimum absolute atomic E-state index is 0. The Balaban J connectivity index is 0.00000243. The van der Waals surface area contributed by atoms with Crippen LogP contribution in [-0.2, 0) is 0 Å². The van der Waals surface area contributed by atoms with Crippen molar-refractivity contribution in [1.29, 1.82) is 0 Å². The Hall–Kier alpha value is -1.07. The molecule has 1 aliphatic carbocycles. The first-order valence-electron chi connectivity index (χ1n) is 9.28. The normalized spacial score (nSPS) is 16.9. The summed E-state index contributed by atoms with van der Waals surface area (Å²) in [4.78, 5) is 1.38. The zero-order chi connectivity index (χ0) is 17.6. The Morgan fingerprint density at radius 3 is 2.62 bits per heavy atom. The number of thiophene rings is 1. The summed E-state index contributed by atoms with van der Waals surface area (Å²) < 4.78 is 5.76. The van der Waals surface area contributed by atoms with E-state index in [-0.39, 0.29) is 12.4 Å². The molecule has 1 heterocycles. The standard InChI is InChI=1S/C21H29NO2S.ClH/c1-15-9-10-19(12-16(15)2)24-14-18(23)13-22-21(17-6-3-4-7-17)20-8-5-11-25-20;/h5,8-12,17-18,21-23H,3-4,6-7,13-14H2,1-2H3;1H. The summed E-state index contributed by atoms with van der Waals surface area (Å²) in [5.74, 6) is 1.51. The summed E-state index contributed by atoms with van der Waals surface area (Å²) in [6, 6.07) is 10.7. The number of aryl methyl sites for hydroxylation is 2. The van der Waals surface area contributed by atoms with Crippen LogP contribution in [0.25, 0.3) is 0 Å². The molecule has 2 aromatic rings. The van der Waals surface area contributed by atoms with Gasteiger partial charge in [0.15, 0.2) is 0 Å². The highest BCUT2D eigenvalue weighted by Gasteiger charge is 2.27. The number of hydrogen-bond donors (Lipinski definition) is 2. The zero-order valence-electron chi connectivity index (χ0n) is 15.6. The molecule has 3 rings (SSSR count). The molecule has 0 spiro atoms. The quantitative estimate of drug-likeness (QED) is 0.657. The van der Waals surface area contributed by atoms with Gasteiger partial charge in [0.25, 0.3) is 0 Å². The SMILES string of the molecule is Cc1ccc(OCC(O)CNC(c2cccs2)C2CCCC2)cc1C.Cl. The Labute approximate surface area is 167 Å². The number of halogens is 1. The molecule has 0 bridgehead atoms. The van der Waals surface area contributed by atoms with Crippen LogP contribution >= 0.6 is 23.7 Å². The lowest BCUT2D eigenvalue weighted by atomic mass is 9.96. The number of hydrogen-bond acceptors (Lipinski definition) is 4. The van der Waals surface area contributed by atoms with E-state index in [1.54, 1.807) is 0 Å².